The van der Waals surface area contributed by atoms with Gasteiger partial charge in [-0.3, -0.25) is 4.79 Å². The summed E-state index contributed by atoms with van der Waals surface area (Å²) in [7, 11) is -1.92. The van der Waals surface area contributed by atoms with E-state index in [2.05, 4.69) is 12.1 Å². The predicted molar refractivity (Wildman–Crippen MR) is 120 cm³/mol. The molecule has 2 fully saturated rings. The van der Waals surface area contributed by atoms with Crippen LogP contribution in [-0.2, 0) is 10.0 Å². The van der Waals surface area contributed by atoms with Crippen molar-refractivity contribution in [3.05, 3.63) is 59.2 Å². The van der Waals surface area contributed by atoms with Crippen LogP contribution in [0.25, 0.3) is 0 Å². The van der Waals surface area contributed by atoms with Gasteiger partial charge in [0.15, 0.2) is 0 Å². The summed E-state index contributed by atoms with van der Waals surface area (Å²) in [5, 5.41) is 0. The minimum atomic E-state index is -3.57. The highest BCUT2D eigenvalue weighted by Crippen LogP contribution is 2.30. The van der Waals surface area contributed by atoms with Crippen molar-refractivity contribution in [3.8, 4) is 5.75 Å². The molecule has 2 aliphatic heterocycles. The maximum absolute atomic E-state index is 13.3. The highest BCUT2D eigenvalue weighted by atomic mass is 32.2. The molecule has 1 amide bonds. The number of carbonyl (C=O) groups is 1. The van der Waals surface area contributed by atoms with E-state index in [4.69, 9.17) is 4.74 Å². The van der Waals surface area contributed by atoms with E-state index < -0.39 is 10.0 Å². The number of amides is 1. The maximum Gasteiger partial charge on any atom is 0.254 e. The molecule has 7 heteroatoms. The van der Waals surface area contributed by atoms with Crippen LogP contribution in [0.15, 0.2) is 47.4 Å². The lowest BCUT2D eigenvalue weighted by Crippen LogP contribution is -2.36. The molecule has 6 nitrogen and oxygen atoms in total. The van der Waals surface area contributed by atoms with E-state index in [1.165, 1.54) is 5.56 Å². The Labute approximate surface area is 184 Å². The lowest BCUT2D eigenvalue weighted by Gasteiger charge is -2.26. The summed E-state index contributed by atoms with van der Waals surface area (Å²) < 4.78 is 32.9. The van der Waals surface area contributed by atoms with Crippen LogP contribution in [0.3, 0.4) is 0 Å². The van der Waals surface area contributed by atoms with Crippen LogP contribution < -0.4 is 4.74 Å². The Morgan fingerprint density at radius 2 is 1.71 bits per heavy atom. The molecule has 2 aromatic rings. The SMILES string of the molecule is COc1ccc(C2CCN(C(=O)c3cc(S(=O)(=O)N4CCCCC4)ccc3C)C2)cc1. The van der Waals surface area contributed by atoms with Gasteiger partial charge in [0.25, 0.3) is 5.91 Å². The number of carbonyl (C=O) groups excluding carboxylic acids is 1. The fourth-order valence-electron chi connectivity index (χ4n) is 4.51. The summed E-state index contributed by atoms with van der Waals surface area (Å²) in [6.45, 7) is 4.26. The summed E-state index contributed by atoms with van der Waals surface area (Å²) in [6, 6.07) is 12.9. The number of nitrogens with zero attached hydrogens (tertiary/aromatic N) is 2. The first-order valence-electron chi connectivity index (χ1n) is 10.9. The molecule has 1 unspecified atom stereocenters. The Morgan fingerprint density at radius 1 is 1.00 bits per heavy atom. The number of sulfonamides is 1. The zero-order valence-electron chi connectivity index (χ0n) is 18.2. The molecule has 0 bridgehead atoms. The second-order valence-corrected chi connectivity index (χ2v) is 10.4. The summed E-state index contributed by atoms with van der Waals surface area (Å²) in [5.74, 6) is 0.997. The quantitative estimate of drug-likeness (QED) is 0.706. The summed E-state index contributed by atoms with van der Waals surface area (Å²) in [6.07, 6.45) is 3.73. The highest BCUT2D eigenvalue weighted by molar-refractivity contribution is 7.89. The van der Waals surface area contributed by atoms with Gasteiger partial charge in [-0.05, 0) is 61.6 Å². The molecule has 0 radical (unpaired) electrons. The van der Waals surface area contributed by atoms with Crippen molar-refractivity contribution in [2.24, 2.45) is 0 Å². The van der Waals surface area contributed by atoms with E-state index in [0.717, 1.165) is 37.0 Å². The monoisotopic (exact) mass is 442 g/mol. The van der Waals surface area contributed by atoms with Gasteiger partial charge >= 0.3 is 0 Å². The number of benzene rings is 2. The van der Waals surface area contributed by atoms with Crippen molar-refractivity contribution in [2.45, 2.75) is 43.4 Å². The molecule has 0 N–H and O–H groups in total. The molecule has 2 aliphatic rings. The van der Waals surface area contributed by atoms with Crippen molar-refractivity contribution >= 4 is 15.9 Å². The van der Waals surface area contributed by atoms with E-state index in [-0.39, 0.29) is 16.7 Å². The van der Waals surface area contributed by atoms with E-state index in [9.17, 15) is 13.2 Å². The van der Waals surface area contributed by atoms with Crippen molar-refractivity contribution in [1.82, 2.24) is 9.21 Å². The molecule has 0 aromatic heterocycles. The predicted octanol–water partition coefficient (Wildman–Crippen LogP) is 3.81. The molecule has 0 spiro atoms. The van der Waals surface area contributed by atoms with Crippen LogP contribution in [0.4, 0.5) is 0 Å². The molecule has 166 valence electrons. The average molecular weight is 443 g/mol. The Bertz CT molecular complexity index is 1040. The Kier molecular flexibility index (Phi) is 6.34. The topological polar surface area (TPSA) is 66.9 Å². The third-order valence-electron chi connectivity index (χ3n) is 6.45. The largest absolute Gasteiger partial charge is 0.497 e. The minimum Gasteiger partial charge on any atom is -0.497 e. The number of methoxy groups -OCH3 is 1. The first-order valence-corrected chi connectivity index (χ1v) is 12.4. The van der Waals surface area contributed by atoms with Crippen molar-refractivity contribution in [3.63, 3.8) is 0 Å². The molecular formula is C24H30N2O4S. The second kappa shape index (κ2) is 9.01. The van der Waals surface area contributed by atoms with E-state index in [1.54, 1.807) is 29.6 Å². The lowest BCUT2D eigenvalue weighted by atomic mass is 9.98. The minimum absolute atomic E-state index is 0.0933. The lowest BCUT2D eigenvalue weighted by molar-refractivity contribution is 0.0790. The third kappa shape index (κ3) is 4.48. The van der Waals surface area contributed by atoms with Gasteiger partial charge in [-0.1, -0.05) is 24.6 Å². The molecule has 1 atom stereocenters. The average Bonchev–Trinajstić information content (AvgIpc) is 3.30. The van der Waals surface area contributed by atoms with Gasteiger partial charge in [-0.15, -0.1) is 0 Å². The number of ether oxygens (including phenoxy) is 1. The fraction of sp³-hybridized carbons (Fsp3) is 0.458. The zero-order chi connectivity index (χ0) is 22.0. The number of aryl methyl sites for hydroxylation is 1. The molecule has 4 rings (SSSR count). The highest BCUT2D eigenvalue weighted by Gasteiger charge is 2.31. The summed E-state index contributed by atoms with van der Waals surface area (Å²) in [5.41, 5.74) is 2.47. The van der Waals surface area contributed by atoms with E-state index >= 15 is 0 Å². The van der Waals surface area contributed by atoms with Crippen molar-refractivity contribution in [1.29, 1.82) is 0 Å². The van der Waals surface area contributed by atoms with Gasteiger partial charge in [-0.2, -0.15) is 4.31 Å². The standard InChI is InChI=1S/C24H30N2O4S/c1-18-6-11-22(31(28,29)26-13-4-3-5-14-26)16-23(18)24(27)25-15-12-20(17-25)19-7-9-21(30-2)10-8-19/h6-11,16,20H,3-5,12-15,17H2,1-2H3. The first kappa shape index (κ1) is 21.8. The number of hydrogen-bond acceptors (Lipinski definition) is 4. The smallest absolute Gasteiger partial charge is 0.254 e. The Hall–Kier alpha value is -2.38. The molecule has 2 heterocycles. The van der Waals surface area contributed by atoms with Gasteiger partial charge in [-0.25, -0.2) is 8.42 Å². The third-order valence-corrected chi connectivity index (χ3v) is 8.35. The van der Waals surface area contributed by atoms with Gasteiger partial charge in [0.05, 0.1) is 12.0 Å². The van der Waals surface area contributed by atoms with E-state index in [1.807, 2.05) is 24.0 Å². The molecule has 2 saturated heterocycles. The Balaban J connectivity index is 1.52. The number of piperidine rings is 1. The first-order chi connectivity index (χ1) is 14.9. The summed E-state index contributed by atoms with van der Waals surface area (Å²) in [4.78, 5) is 15.4. The van der Waals surface area contributed by atoms with Gasteiger partial charge < -0.3 is 9.64 Å². The number of likely N-dealkylation sites (tertiary alicyclic amines) is 1. The Morgan fingerprint density at radius 3 is 2.39 bits per heavy atom. The molecule has 2 aromatic carbocycles. The van der Waals surface area contributed by atoms with E-state index in [0.29, 0.717) is 31.7 Å². The normalized spacial score (nSPS) is 20.1. The van der Waals surface area contributed by atoms with Crippen LogP contribution in [0.5, 0.6) is 5.75 Å². The molecule has 31 heavy (non-hydrogen) atoms. The number of hydrogen-bond donors (Lipinski definition) is 0. The summed E-state index contributed by atoms with van der Waals surface area (Å²) >= 11 is 0. The van der Waals surface area contributed by atoms with Crippen LogP contribution >= 0.6 is 0 Å². The van der Waals surface area contributed by atoms with Crippen LogP contribution in [0.2, 0.25) is 0 Å². The number of rotatable bonds is 5. The van der Waals surface area contributed by atoms with Crippen LogP contribution in [0, 0.1) is 6.92 Å². The fourth-order valence-corrected chi connectivity index (χ4v) is 6.05. The molecule has 0 aliphatic carbocycles. The second-order valence-electron chi connectivity index (χ2n) is 8.45. The maximum atomic E-state index is 13.3. The van der Waals surface area contributed by atoms with Gasteiger partial charge in [0.2, 0.25) is 10.0 Å². The molecular weight excluding hydrogens is 412 g/mol. The van der Waals surface area contributed by atoms with Crippen LogP contribution in [-0.4, -0.2) is 56.8 Å². The van der Waals surface area contributed by atoms with Crippen molar-refractivity contribution < 1.29 is 17.9 Å². The van der Waals surface area contributed by atoms with Gasteiger partial charge in [0, 0.05) is 37.7 Å². The zero-order valence-corrected chi connectivity index (χ0v) is 19.0. The van der Waals surface area contributed by atoms with Crippen LogP contribution in [0.1, 0.15) is 53.1 Å². The molecule has 0 saturated carbocycles. The van der Waals surface area contributed by atoms with Crippen molar-refractivity contribution in [2.75, 3.05) is 33.3 Å². The van der Waals surface area contributed by atoms with Gasteiger partial charge in [0.1, 0.15) is 5.75 Å².